The van der Waals surface area contributed by atoms with Crippen LogP contribution in [0.5, 0.6) is 0 Å². The minimum atomic E-state index is -2.24. The standard InChI is InChI=1S/C30H24NO/c1-19-18-31(3)26(17-25(19)21-11-5-4-6-12-21)28-20(2)22-13-7-8-14-23(22)29-24-15-9-10-16-27(24)32-30(28)29/h4-18H,1-3H3/q+1/i1D3. The monoisotopic (exact) mass is 417 g/mol. The Balaban J connectivity index is 1.78. The maximum Gasteiger partial charge on any atom is 0.217 e. The zero-order valence-electron chi connectivity index (χ0n) is 21.0. The van der Waals surface area contributed by atoms with Crippen molar-refractivity contribution in [3.05, 3.63) is 102 Å². The van der Waals surface area contributed by atoms with Gasteiger partial charge < -0.3 is 4.42 Å². The van der Waals surface area contributed by atoms with E-state index in [4.69, 9.17) is 8.53 Å². The van der Waals surface area contributed by atoms with Gasteiger partial charge in [-0.2, -0.15) is 0 Å². The van der Waals surface area contributed by atoms with Crippen molar-refractivity contribution in [1.82, 2.24) is 0 Å². The molecule has 154 valence electrons. The number of hydrogen-bond acceptors (Lipinski definition) is 1. The highest BCUT2D eigenvalue weighted by Gasteiger charge is 2.25. The molecule has 32 heavy (non-hydrogen) atoms. The maximum absolute atomic E-state index is 8.19. The summed E-state index contributed by atoms with van der Waals surface area (Å²) in [6.45, 7) is -0.126. The zero-order valence-corrected chi connectivity index (χ0v) is 18.0. The number of nitrogens with zero attached hydrogens (tertiary/aromatic N) is 1. The number of benzene rings is 4. The molecule has 0 unspecified atom stereocenters. The molecule has 6 aromatic rings. The van der Waals surface area contributed by atoms with Gasteiger partial charge in [0.05, 0.1) is 5.56 Å². The largest absolute Gasteiger partial charge is 0.455 e. The molecule has 2 heteroatoms. The number of rotatable bonds is 2. The molecule has 0 atom stereocenters. The zero-order chi connectivity index (χ0) is 24.3. The van der Waals surface area contributed by atoms with Crippen molar-refractivity contribution in [2.75, 3.05) is 0 Å². The Bertz CT molecular complexity index is 1750. The van der Waals surface area contributed by atoms with E-state index < -0.39 is 6.85 Å². The van der Waals surface area contributed by atoms with Crippen LogP contribution in [0.1, 0.15) is 15.2 Å². The summed E-state index contributed by atoms with van der Waals surface area (Å²) in [6.07, 6.45) is 1.74. The van der Waals surface area contributed by atoms with Crippen molar-refractivity contribution in [2.45, 2.75) is 13.8 Å². The first-order valence-electron chi connectivity index (χ1n) is 12.3. The van der Waals surface area contributed by atoms with Gasteiger partial charge in [0.25, 0.3) is 0 Å². The molecule has 0 saturated heterocycles. The van der Waals surface area contributed by atoms with E-state index in [9.17, 15) is 0 Å². The summed E-state index contributed by atoms with van der Waals surface area (Å²) in [6, 6.07) is 28.2. The van der Waals surface area contributed by atoms with E-state index in [1.165, 1.54) is 0 Å². The highest BCUT2D eigenvalue weighted by atomic mass is 16.3. The molecular weight excluding hydrogens is 390 g/mol. The summed E-state index contributed by atoms with van der Waals surface area (Å²) in [5.74, 6) is 0. The van der Waals surface area contributed by atoms with E-state index in [2.05, 4.69) is 37.3 Å². The molecule has 0 spiro atoms. The fraction of sp³-hybridized carbons (Fsp3) is 0.100. The molecule has 2 aromatic heterocycles. The second kappa shape index (κ2) is 7.06. The van der Waals surface area contributed by atoms with E-state index in [1.807, 2.05) is 66.2 Å². The van der Waals surface area contributed by atoms with Crippen LogP contribution in [-0.4, -0.2) is 0 Å². The van der Waals surface area contributed by atoms with E-state index in [0.717, 1.165) is 55.1 Å². The molecule has 0 amide bonds. The number of hydrogen-bond donors (Lipinski definition) is 0. The lowest BCUT2D eigenvalue weighted by Gasteiger charge is -2.13. The molecule has 6 rings (SSSR count). The highest BCUT2D eigenvalue weighted by molar-refractivity contribution is 6.23. The predicted octanol–water partition coefficient (Wildman–Crippen LogP) is 7.51. The number of aromatic nitrogens is 1. The van der Waals surface area contributed by atoms with Crippen LogP contribution in [0.3, 0.4) is 0 Å². The Morgan fingerprint density at radius 1 is 0.812 bits per heavy atom. The Morgan fingerprint density at radius 2 is 1.50 bits per heavy atom. The lowest BCUT2D eigenvalue weighted by Crippen LogP contribution is -2.31. The lowest BCUT2D eigenvalue weighted by atomic mass is 9.91. The minimum Gasteiger partial charge on any atom is -0.455 e. The molecule has 0 aliphatic heterocycles. The number of fused-ring (bicyclic) bond motifs is 5. The third-order valence-corrected chi connectivity index (χ3v) is 6.41. The summed E-state index contributed by atoms with van der Waals surface area (Å²) >= 11 is 0. The summed E-state index contributed by atoms with van der Waals surface area (Å²) in [4.78, 5) is 0. The molecule has 4 aromatic carbocycles. The summed E-state index contributed by atoms with van der Waals surface area (Å²) in [5, 5.41) is 4.46. The van der Waals surface area contributed by atoms with Crippen LogP contribution in [0.4, 0.5) is 0 Å². The normalized spacial score (nSPS) is 13.4. The Kier molecular flexibility index (Phi) is 3.49. The van der Waals surface area contributed by atoms with Crippen molar-refractivity contribution in [3.63, 3.8) is 0 Å². The quantitative estimate of drug-likeness (QED) is 0.266. The van der Waals surface area contributed by atoms with Crippen molar-refractivity contribution in [2.24, 2.45) is 7.05 Å². The Morgan fingerprint density at radius 3 is 2.28 bits per heavy atom. The average molecular weight is 418 g/mol. The Labute approximate surface area is 191 Å². The van der Waals surface area contributed by atoms with Gasteiger partial charge in [0, 0.05) is 26.5 Å². The second-order valence-electron chi connectivity index (χ2n) is 8.31. The van der Waals surface area contributed by atoms with Gasteiger partial charge in [0.2, 0.25) is 5.69 Å². The van der Waals surface area contributed by atoms with Gasteiger partial charge in [0.1, 0.15) is 18.2 Å². The number of furan rings is 1. The van der Waals surface area contributed by atoms with Crippen molar-refractivity contribution in [1.29, 1.82) is 0 Å². The molecule has 0 fully saturated rings. The van der Waals surface area contributed by atoms with Crippen molar-refractivity contribution in [3.8, 4) is 22.4 Å². The van der Waals surface area contributed by atoms with E-state index in [0.29, 0.717) is 11.1 Å². The van der Waals surface area contributed by atoms with E-state index >= 15 is 0 Å². The number of para-hydroxylation sites is 1. The van der Waals surface area contributed by atoms with E-state index in [-0.39, 0.29) is 0 Å². The molecule has 0 radical (unpaired) electrons. The van der Waals surface area contributed by atoms with Crippen molar-refractivity contribution < 1.29 is 13.1 Å². The fourth-order valence-corrected chi connectivity index (χ4v) is 4.88. The minimum absolute atomic E-state index is 0.328. The van der Waals surface area contributed by atoms with Crippen LogP contribution in [0.2, 0.25) is 0 Å². The van der Waals surface area contributed by atoms with Gasteiger partial charge in [-0.1, -0.05) is 72.8 Å². The predicted molar refractivity (Wildman–Crippen MR) is 133 cm³/mol. The van der Waals surface area contributed by atoms with Crippen LogP contribution in [0, 0.1) is 13.8 Å². The highest BCUT2D eigenvalue weighted by Crippen LogP contribution is 2.43. The first-order chi connectivity index (χ1) is 16.8. The van der Waals surface area contributed by atoms with E-state index in [1.54, 1.807) is 6.20 Å². The van der Waals surface area contributed by atoms with Gasteiger partial charge >= 0.3 is 0 Å². The maximum atomic E-state index is 8.19. The van der Waals surface area contributed by atoms with Gasteiger partial charge in [-0.3, -0.25) is 0 Å². The molecule has 0 N–H and O–H groups in total. The van der Waals surface area contributed by atoms with Crippen LogP contribution in [-0.2, 0) is 7.05 Å². The van der Waals surface area contributed by atoms with Crippen molar-refractivity contribution >= 4 is 32.7 Å². The third-order valence-electron chi connectivity index (χ3n) is 6.41. The number of aryl methyl sites for hydroxylation is 3. The smallest absolute Gasteiger partial charge is 0.217 e. The molecule has 0 bridgehead atoms. The van der Waals surface area contributed by atoms with Gasteiger partial charge in [-0.05, 0) is 47.3 Å². The van der Waals surface area contributed by atoms with Crippen LogP contribution < -0.4 is 4.57 Å². The van der Waals surface area contributed by atoms with Gasteiger partial charge in [-0.25, -0.2) is 4.57 Å². The lowest BCUT2D eigenvalue weighted by molar-refractivity contribution is -0.660. The molecular formula is C30H24NO+. The van der Waals surface area contributed by atoms with Gasteiger partial charge in [0.15, 0.2) is 6.20 Å². The Hall–Kier alpha value is -3.91. The average Bonchev–Trinajstić information content (AvgIpc) is 3.24. The molecule has 0 aliphatic carbocycles. The van der Waals surface area contributed by atoms with Crippen LogP contribution in [0.15, 0.2) is 95.5 Å². The van der Waals surface area contributed by atoms with Gasteiger partial charge in [-0.15, -0.1) is 0 Å². The second-order valence-corrected chi connectivity index (χ2v) is 8.31. The summed E-state index contributed by atoms with van der Waals surface area (Å²) < 4.78 is 33.0. The fourth-order valence-electron chi connectivity index (χ4n) is 4.88. The molecule has 2 heterocycles. The SMILES string of the molecule is [2H]C([2H])([2H])c1c[n+](C)c(-c2c(C)c3ccccc3c3c2oc2ccccc23)cc1-c1ccccc1. The first-order valence-corrected chi connectivity index (χ1v) is 10.8. The van der Waals surface area contributed by atoms with Crippen LogP contribution in [0.25, 0.3) is 55.1 Å². The number of pyridine rings is 1. The topological polar surface area (TPSA) is 17.0 Å². The molecule has 0 saturated carbocycles. The first kappa shape index (κ1) is 15.8. The molecule has 2 nitrogen and oxygen atoms in total. The molecule has 0 aliphatic rings. The third kappa shape index (κ3) is 2.69. The van der Waals surface area contributed by atoms with Crippen LogP contribution >= 0.6 is 0 Å². The summed E-state index contributed by atoms with van der Waals surface area (Å²) in [7, 11) is 1.91. The summed E-state index contributed by atoms with van der Waals surface area (Å²) in [5.41, 5.74) is 6.55.